The van der Waals surface area contributed by atoms with E-state index < -0.39 is 0 Å². The van der Waals surface area contributed by atoms with Gasteiger partial charge in [-0.1, -0.05) is 11.8 Å². The van der Waals surface area contributed by atoms with Crippen molar-refractivity contribution < 1.29 is 4.79 Å². The number of amides is 1. The number of hydrazine groups is 1. The summed E-state index contributed by atoms with van der Waals surface area (Å²) in [6.45, 7) is 0.286. The highest BCUT2D eigenvalue weighted by Crippen LogP contribution is 2.01. The zero-order chi connectivity index (χ0) is 12.0. The molecule has 3 N–H and O–H groups in total. The van der Waals surface area contributed by atoms with E-state index in [1.807, 2.05) is 0 Å². The number of hydrogen-bond donors (Lipinski definition) is 2. The molecule has 0 aliphatic heterocycles. The molecule has 1 aromatic heterocycles. The van der Waals surface area contributed by atoms with Crippen LogP contribution in [-0.4, -0.2) is 36.5 Å². The fraction of sp³-hybridized carbons (Fsp3) is 0.273. The molecule has 0 fully saturated rings. The SMILES string of the molecule is CN(C)NC(=O)c1cncc(C#CCN)c1. The minimum absolute atomic E-state index is 0.214. The Morgan fingerprint density at radius 3 is 2.94 bits per heavy atom. The van der Waals surface area contributed by atoms with Crippen LogP contribution in [0.1, 0.15) is 15.9 Å². The lowest BCUT2D eigenvalue weighted by Gasteiger charge is -2.11. The molecule has 84 valence electrons. The molecule has 0 bridgehead atoms. The van der Waals surface area contributed by atoms with Crippen LogP contribution in [0.4, 0.5) is 0 Å². The van der Waals surface area contributed by atoms with E-state index in [9.17, 15) is 4.79 Å². The van der Waals surface area contributed by atoms with Crippen molar-refractivity contribution >= 4 is 5.91 Å². The molecule has 1 heterocycles. The van der Waals surface area contributed by atoms with Gasteiger partial charge in [-0.15, -0.1) is 0 Å². The number of hydrogen-bond acceptors (Lipinski definition) is 4. The van der Waals surface area contributed by atoms with Gasteiger partial charge in [0.2, 0.25) is 0 Å². The number of nitrogens with one attached hydrogen (secondary N) is 1. The normalized spacial score (nSPS) is 9.50. The van der Waals surface area contributed by atoms with Crippen molar-refractivity contribution in [1.82, 2.24) is 15.4 Å². The summed E-state index contributed by atoms with van der Waals surface area (Å²) in [5.74, 6) is 5.31. The van der Waals surface area contributed by atoms with E-state index in [0.717, 1.165) is 0 Å². The summed E-state index contributed by atoms with van der Waals surface area (Å²) < 4.78 is 0. The van der Waals surface area contributed by atoms with E-state index in [1.165, 1.54) is 6.20 Å². The molecule has 16 heavy (non-hydrogen) atoms. The van der Waals surface area contributed by atoms with Gasteiger partial charge in [0.25, 0.3) is 5.91 Å². The quantitative estimate of drug-likeness (QED) is 0.523. The van der Waals surface area contributed by atoms with Crippen LogP contribution < -0.4 is 11.2 Å². The maximum absolute atomic E-state index is 11.6. The molecule has 0 aliphatic carbocycles. The van der Waals surface area contributed by atoms with Gasteiger partial charge in [0.1, 0.15) is 0 Å². The highest BCUT2D eigenvalue weighted by molar-refractivity contribution is 5.93. The summed E-state index contributed by atoms with van der Waals surface area (Å²) in [7, 11) is 3.48. The Morgan fingerprint density at radius 1 is 1.56 bits per heavy atom. The standard InChI is InChI=1S/C11H14N4O/c1-15(2)14-11(16)10-6-9(4-3-5-12)7-13-8-10/h6-8H,5,12H2,1-2H3,(H,14,16). The maximum Gasteiger partial charge on any atom is 0.267 e. The third-order valence-electron chi connectivity index (χ3n) is 1.66. The van der Waals surface area contributed by atoms with Crippen molar-refractivity contribution in [2.45, 2.75) is 0 Å². The first kappa shape index (κ1) is 12.2. The summed E-state index contributed by atoms with van der Waals surface area (Å²) >= 11 is 0. The topological polar surface area (TPSA) is 71.2 Å². The molecular formula is C11H14N4O. The second-order valence-electron chi connectivity index (χ2n) is 3.30. The van der Waals surface area contributed by atoms with E-state index in [1.54, 1.807) is 31.4 Å². The number of carbonyl (C=O) groups excluding carboxylic acids is 1. The highest BCUT2D eigenvalue weighted by Gasteiger charge is 2.06. The number of nitrogens with two attached hydrogens (primary N) is 1. The Hall–Kier alpha value is -1.90. The van der Waals surface area contributed by atoms with E-state index in [2.05, 4.69) is 22.3 Å². The summed E-state index contributed by atoms with van der Waals surface area (Å²) in [6, 6.07) is 1.68. The van der Waals surface area contributed by atoms with Crippen molar-refractivity contribution in [1.29, 1.82) is 0 Å². The fourth-order valence-electron chi connectivity index (χ4n) is 1.05. The summed E-state index contributed by atoms with van der Waals surface area (Å²) in [5, 5.41) is 1.57. The van der Waals surface area contributed by atoms with Crippen LogP contribution in [0.5, 0.6) is 0 Å². The third-order valence-corrected chi connectivity index (χ3v) is 1.66. The first-order valence-electron chi connectivity index (χ1n) is 4.76. The Bertz CT molecular complexity index is 431. The van der Waals surface area contributed by atoms with Crippen molar-refractivity contribution in [2.75, 3.05) is 20.6 Å². The van der Waals surface area contributed by atoms with Crippen molar-refractivity contribution in [2.24, 2.45) is 5.73 Å². The first-order chi connectivity index (χ1) is 7.63. The lowest BCUT2D eigenvalue weighted by molar-refractivity contribution is 0.0856. The Kier molecular flexibility index (Phi) is 4.45. The van der Waals surface area contributed by atoms with Gasteiger partial charge < -0.3 is 5.73 Å². The van der Waals surface area contributed by atoms with Gasteiger partial charge in [-0.05, 0) is 6.07 Å². The van der Waals surface area contributed by atoms with Crippen LogP contribution in [0.3, 0.4) is 0 Å². The Morgan fingerprint density at radius 2 is 2.31 bits per heavy atom. The molecule has 0 aliphatic rings. The van der Waals surface area contributed by atoms with E-state index in [-0.39, 0.29) is 12.5 Å². The number of nitrogens with zero attached hydrogens (tertiary/aromatic N) is 2. The predicted molar refractivity (Wildman–Crippen MR) is 61.3 cm³/mol. The number of rotatable bonds is 2. The minimum atomic E-state index is -0.214. The van der Waals surface area contributed by atoms with Gasteiger partial charge in [-0.3, -0.25) is 15.2 Å². The molecule has 0 saturated heterocycles. The number of aromatic nitrogens is 1. The zero-order valence-corrected chi connectivity index (χ0v) is 9.32. The molecule has 1 amide bonds. The second-order valence-corrected chi connectivity index (χ2v) is 3.30. The number of carbonyl (C=O) groups is 1. The van der Waals surface area contributed by atoms with Gasteiger partial charge in [0.15, 0.2) is 0 Å². The second kappa shape index (κ2) is 5.85. The first-order valence-corrected chi connectivity index (χ1v) is 4.76. The summed E-state index contributed by atoms with van der Waals surface area (Å²) in [6.07, 6.45) is 3.08. The Balaban J connectivity index is 2.85. The molecule has 0 radical (unpaired) electrons. The molecule has 5 nitrogen and oxygen atoms in total. The van der Waals surface area contributed by atoms with Crippen molar-refractivity contribution in [3.05, 3.63) is 29.6 Å². The van der Waals surface area contributed by atoms with Gasteiger partial charge in [0.05, 0.1) is 12.1 Å². The average molecular weight is 218 g/mol. The maximum atomic E-state index is 11.6. The summed E-state index contributed by atoms with van der Waals surface area (Å²) in [5.41, 5.74) is 9.03. The molecule has 0 atom stereocenters. The van der Waals surface area contributed by atoms with E-state index in [4.69, 9.17) is 5.73 Å². The lowest BCUT2D eigenvalue weighted by atomic mass is 10.2. The van der Waals surface area contributed by atoms with Gasteiger partial charge >= 0.3 is 0 Å². The molecule has 1 rings (SSSR count). The largest absolute Gasteiger partial charge is 0.320 e. The van der Waals surface area contributed by atoms with Gasteiger partial charge in [-0.2, -0.15) is 0 Å². The molecular weight excluding hydrogens is 204 g/mol. The molecule has 1 aromatic rings. The summed E-state index contributed by atoms with van der Waals surface area (Å²) in [4.78, 5) is 15.6. The van der Waals surface area contributed by atoms with Crippen LogP contribution in [-0.2, 0) is 0 Å². The molecule has 0 spiro atoms. The van der Waals surface area contributed by atoms with E-state index in [0.29, 0.717) is 11.1 Å². The molecule has 0 aromatic carbocycles. The third kappa shape index (κ3) is 3.69. The average Bonchev–Trinajstić information content (AvgIpc) is 2.26. The van der Waals surface area contributed by atoms with Crippen LogP contribution >= 0.6 is 0 Å². The predicted octanol–water partition coefficient (Wildman–Crippen LogP) is -0.402. The van der Waals surface area contributed by atoms with Crippen LogP contribution in [0.15, 0.2) is 18.5 Å². The lowest BCUT2D eigenvalue weighted by Crippen LogP contribution is -2.36. The van der Waals surface area contributed by atoms with Crippen LogP contribution in [0, 0.1) is 11.8 Å². The molecule has 0 unspecified atom stereocenters. The Labute approximate surface area is 94.6 Å². The van der Waals surface area contributed by atoms with Gasteiger partial charge in [-0.25, -0.2) is 5.01 Å². The zero-order valence-electron chi connectivity index (χ0n) is 9.32. The van der Waals surface area contributed by atoms with Crippen LogP contribution in [0.2, 0.25) is 0 Å². The fourth-order valence-corrected chi connectivity index (χ4v) is 1.05. The van der Waals surface area contributed by atoms with Crippen LogP contribution in [0.25, 0.3) is 0 Å². The monoisotopic (exact) mass is 218 g/mol. The number of pyridine rings is 1. The highest BCUT2D eigenvalue weighted by atomic mass is 16.2. The smallest absolute Gasteiger partial charge is 0.267 e. The minimum Gasteiger partial charge on any atom is -0.320 e. The molecule has 0 saturated carbocycles. The molecule has 5 heteroatoms. The van der Waals surface area contributed by atoms with Crippen molar-refractivity contribution in [3.8, 4) is 11.8 Å². The van der Waals surface area contributed by atoms with E-state index >= 15 is 0 Å². The van der Waals surface area contributed by atoms with Gasteiger partial charge in [0, 0.05) is 32.1 Å². The van der Waals surface area contributed by atoms with Crippen molar-refractivity contribution in [3.63, 3.8) is 0 Å².